The quantitative estimate of drug-likeness (QED) is 0.0259. The number of ether oxygens (including phenoxy) is 4. The lowest BCUT2D eigenvalue weighted by Crippen LogP contribution is -2.60. The molecule has 1 rings (SSSR count). The van der Waals surface area contributed by atoms with Gasteiger partial charge in [-0.25, -0.2) is 0 Å². The Morgan fingerprint density at radius 3 is 1.22 bits per heavy atom. The molecular formula is C47H90O12S. The maximum atomic E-state index is 12.8. The summed E-state index contributed by atoms with van der Waals surface area (Å²) in [5, 5.41) is 30.9. The summed E-state index contributed by atoms with van der Waals surface area (Å²) in [4.78, 5) is 25.5. The van der Waals surface area contributed by atoms with E-state index in [9.17, 15) is 37.9 Å². The van der Waals surface area contributed by atoms with Crippen molar-refractivity contribution in [2.75, 3.05) is 19.0 Å². The van der Waals surface area contributed by atoms with Gasteiger partial charge in [-0.05, 0) is 12.8 Å². The number of aliphatic hydroxyl groups excluding tert-OH is 3. The number of hydrogen-bond acceptors (Lipinski definition) is 11. The van der Waals surface area contributed by atoms with E-state index >= 15 is 0 Å². The monoisotopic (exact) mass is 879 g/mol. The maximum absolute atomic E-state index is 12.8. The molecule has 12 nitrogen and oxygen atoms in total. The molecule has 1 fully saturated rings. The molecule has 6 atom stereocenters. The number of esters is 2. The summed E-state index contributed by atoms with van der Waals surface area (Å²) in [7, 11) is -4.60. The molecule has 0 radical (unpaired) electrons. The zero-order chi connectivity index (χ0) is 44.1. The second-order valence-electron chi connectivity index (χ2n) is 17.5. The standard InChI is InChI=1S/C47H90O12S/c1-3-5-7-9-11-13-15-17-19-20-22-24-26-28-30-32-34-36-43(49)58-40(38-57-47-46(52)45(51)44(50)41(59-47)39-60(53,54)55)37-56-42(48)35-33-31-29-27-25-23-21-18-16-14-12-10-8-6-4-2/h40-41,44-47,50-52H,3-39H2,1-2H3,(H,53,54,55). The van der Waals surface area contributed by atoms with Crippen LogP contribution in [0.2, 0.25) is 0 Å². The molecule has 4 N–H and O–H groups in total. The summed E-state index contributed by atoms with van der Waals surface area (Å²) in [6, 6.07) is 0. The van der Waals surface area contributed by atoms with Crippen molar-refractivity contribution in [3.05, 3.63) is 0 Å². The topological polar surface area (TPSA) is 186 Å². The molecular weight excluding hydrogens is 789 g/mol. The third-order valence-electron chi connectivity index (χ3n) is 11.7. The fourth-order valence-corrected chi connectivity index (χ4v) is 8.55. The smallest absolute Gasteiger partial charge is 0.306 e. The summed E-state index contributed by atoms with van der Waals surface area (Å²) >= 11 is 0. The van der Waals surface area contributed by atoms with Crippen molar-refractivity contribution in [3.8, 4) is 0 Å². The van der Waals surface area contributed by atoms with Gasteiger partial charge >= 0.3 is 11.9 Å². The largest absolute Gasteiger partial charge is 0.462 e. The lowest BCUT2D eigenvalue weighted by molar-refractivity contribution is -0.297. The van der Waals surface area contributed by atoms with Crippen molar-refractivity contribution in [1.29, 1.82) is 0 Å². The van der Waals surface area contributed by atoms with E-state index in [1.165, 1.54) is 154 Å². The van der Waals surface area contributed by atoms with Gasteiger partial charge in [0.1, 0.15) is 36.8 Å². The predicted octanol–water partition coefficient (Wildman–Crippen LogP) is 10.5. The van der Waals surface area contributed by atoms with Crippen LogP contribution in [0.3, 0.4) is 0 Å². The van der Waals surface area contributed by atoms with Crippen LogP contribution in [-0.2, 0) is 38.7 Å². The molecule has 0 aromatic rings. The van der Waals surface area contributed by atoms with E-state index in [2.05, 4.69) is 13.8 Å². The van der Waals surface area contributed by atoms with Crippen LogP contribution in [0.25, 0.3) is 0 Å². The van der Waals surface area contributed by atoms with Gasteiger partial charge < -0.3 is 34.3 Å². The van der Waals surface area contributed by atoms with Crippen LogP contribution in [0.1, 0.15) is 232 Å². The van der Waals surface area contributed by atoms with E-state index < -0.39 is 71.2 Å². The van der Waals surface area contributed by atoms with Gasteiger partial charge in [-0.3, -0.25) is 14.1 Å². The molecule has 0 aromatic carbocycles. The van der Waals surface area contributed by atoms with Crippen molar-refractivity contribution in [3.63, 3.8) is 0 Å². The molecule has 356 valence electrons. The molecule has 0 bridgehead atoms. The molecule has 1 saturated heterocycles. The highest BCUT2D eigenvalue weighted by Gasteiger charge is 2.46. The maximum Gasteiger partial charge on any atom is 0.306 e. The number of aliphatic hydroxyl groups is 3. The Kier molecular flexibility index (Phi) is 36.0. The van der Waals surface area contributed by atoms with Gasteiger partial charge in [0.2, 0.25) is 0 Å². The zero-order valence-corrected chi connectivity index (χ0v) is 38.9. The average Bonchev–Trinajstić information content (AvgIpc) is 3.21. The van der Waals surface area contributed by atoms with Gasteiger partial charge in [-0.1, -0.05) is 206 Å². The van der Waals surface area contributed by atoms with Crippen molar-refractivity contribution in [2.45, 2.75) is 269 Å². The molecule has 0 saturated carbocycles. The van der Waals surface area contributed by atoms with Crippen LogP contribution in [-0.4, -0.2) is 96.0 Å². The Morgan fingerprint density at radius 2 is 0.850 bits per heavy atom. The normalized spacial score (nSPS) is 20.0. The van der Waals surface area contributed by atoms with Crippen LogP contribution in [0.5, 0.6) is 0 Å². The van der Waals surface area contributed by atoms with E-state index in [-0.39, 0.29) is 19.4 Å². The number of carbonyl (C=O) groups is 2. The highest BCUT2D eigenvalue weighted by atomic mass is 32.2. The third kappa shape index (κ3) is 32.3. The minimum absolute atomic E-state index is 0.173. The van der Waals surface area contributed by atoms with Crippen molar-refractivity contribution >= 4 is 22.1 Å². The van der Waals surface area contributed by atoms with Gasteiger partial charge in [0.15, 0.2) is 12.4 Å². The molecule has 60 heavy (non-hydrogen) atoms. The highest BCUT2D eigenvalue weighted by molar-refractivity contribution is 7.85. The Labute approximate surface area is 365 Å². The van der Waals surface area contributed by atoms with Gasteiger partial charge in [0, 0.05) is 12.8 Å². The Balaban J connectivity index is 2.39. The first-order valence-electron chi connectivity index (χ1n) is 24.6. The molecule has 0 aliphatic carbocycles. The summed E-state index contributed by atoms with van der Waals surface area (Å²) in [5.41, 5.74) is 0. The molecule has 0 aromatic heterocycles. The van der Waals surface area contributed by atoms with Crippen LogP contribution < -0.4 is 0 Å². The number of rotatable bonds is 42. The summed E-state index contributed by atoms with van der Waals surface area (Å²) in [6.45, 7) is 3.80. The first-order valence-corrected chi connectivity index (χ1v) is 26.2. The van der Waals surface area contributed by atoms with E-state index in [4.69, 9.17) is 18.9 Å². The molecule has 1 aliphatic rings. The van der Waals surface area contributed by atoms with Crippen molar-refractivity contribution < 1.29 is 56.8 Å². The summed E-state index contributed by atoms with van der Waals surface area (Å²) in [5.74, 6) is -1.96. The van der Waals surface area contributed by atoms with E-state index in [1.54, 1.807) is 0 Å². The molecule has 0 amide bonds. The second kappa shape index (κ2) is 38.1. The average molecular weight is 879 g/mol. The highest BCUT2D eigenvalue weighted by Crippen LogP contribution is 2.24. The van der Waals surface area contributed by atoms with Crippen molar-refractivity contribution in [2.24, 2.45) is 0 Å². The first-order chi connectivity index (χ1) is 29.0. The number of hydrogen-bond donors (Lipinski definition) is 4. The SMILES string of the molecule is CCCCCCCCCCCCCCCCCCCC(=O)OC(COC(=O)CCCCCCCCCCCCCCCCC)COC1OC(CS(=O)(=O)O)C(O)C(O)C1O. The minimum atomic E-state index is -4.60. The lowest BCUT2D eigenvalue weighted by Gasteiger charge is -2.40. The van der Waals surface area contributed by atoms with Crippen LogP contribution in [0, 0.1) is 0 Å². The van der Waals surface area contributed by atoms with Crippen molar-refractivity contribution in [1.82, 2.24) is 0 Å². The van der Waals surface area contributed by atoms with Gasteiger partial charge in [-0.15, -0.1) is 0 Å². The Morgan fingerprint density at radius 1 is 0.500 bits per heavy atom. The summed E-state index contributed by atoms with van der Waals surface area (Å²) < 4.78 is 54.2. The number of carbonyl (C=O) groups excluding carboxylic acids is 2. The third-order valence-corrected chi connectivity index (χ3v) is 12.4. The van der Waals surface area contributed by atoms with Crippen LogP contribution in [0.15, 0.2) is 0 Å². The van der Waals surface area contributed by atoms with Gasteiger partial charge in [0.05, 0.1) is 6.61 Å². The predicted molar refractivity (Wildman–Crippen MR) is 238 cm³/mol. The molecule has 1 aliphatic heterocycles. The fourth-order valence-electron chi connectivity index (χ4n) is 7.86. The van der Waals surface area contributed by atoms with Gasteiger partial charge in [-0.2, -0.15) is 8.42 Å². The fraction of sp³-hybridized carbons (Fsp3) is 0.957. The molecule has 1 heterocycles. The first kappa shape index (κ1) is 56.7. The van der Waals surface area contributed by atoms with Gasteiger partial charge in [0.25, 0.3) is 10.1 Å². The van der Waals surface area contributed by atoms with Crippen LogP contribution in [0.4, 0.5) is 0 Å². The lowest BCUT2D eigenvalue weighted by atomic mass is 10.00. The zero-order valence-electron chi connectivity index (χ0n) is 38.1. The van der Waals surface area contributed by atoms with E-state index in [0.29, 0.717) is 12.8 Å². The second-order valence-corrected chi connectivity index (χ2v) is 19.0. The van der Waals surface area contributed by atoms with E-state index in [1.807, 2.05) is 0 Å². The molecule has 0 spiro atoms. The Bertz CT molecular complexity index is 1120. The van der Waals surface area contributed by atoms with Crippen LogP contribution >= 0.6 is 0 Å². The van der Waals surface area contributed by atoms with E-state index in [0.717, 1.165) is 38.5 Å². The molecule has 6 unspecified atom stereocenters. The Hall–Kier alpha value is -1.35. The minimum Gasteiger partial charge on any atom is -0.462 e. The number of unbranched alkanes of at least 4 members (excludes halogenated alkanes) is 30. The summed E-state index contributed by atoms with van der Waals surface area (Å²) in [6.07, 6.45) is 30.0. The molecule has 13 heteroatoms.